The van der Waals surface area contributed by atoms with Gasteiger partial charge in [0.2, 0.25) is 5.91 Å². The van der Waals surface area contributed by atoms with Gasteiger partial charge in [0.15, 0.2) is 0 Å². The first-order valence-electron chi connectivity index (χ1n) is 6.74. The first-order chi connectivity index (χ1) is 8.58. The number of nitrogens with two attached hydrogens (primary N) is 1. The highest BCUT2D eigenvalue weighted by Gasteiger charge is 2.24. The van der Waals surface area contributed by atoms with Gasteiger partial charge in [-0.3, -0.25) is 4.79 Å². The van der Waals surface area contributed by atoms with Gasteiger partial charge in [0.1, 0.15) is 0 Å². The van der Waals surface area contributed by atoms with Crippen molar-refractivity contribution in [3.63, 3.8) is 0 Å². The molecule has 0 bridgehead atoms. The van der Waals surface area contributed by atoms with Crippen LogP contribution >= 0.6 is 0 Å². The molecule has 0 saturated heterocycles. The molecule has 0 atom stereocenters. The van der Waals surface area contributed by atoms with Crippen molar-refractivity contribution in [1.82, 2.24) is 0 Å². The molecule has 1 amide bonds. The summed E-state index contributed by atoms with van der Waals surface area (Å²) < 4.78 is 0. The average Bonchev–Trinajstić information content (AvgIpc) is 2.34. The maximum atomic E-state index is 12.2. The van der Waals surface area contributed by atoms with Crippen LogP contribution in [0.5, 0.6) is 0 Å². The SMILES string of the molecule is Cc1cccc(N)c1NC(=O)C1CCC(C)CC1. The van der Waals surface area contributed by atoms with Gasteiger partial charge in [0.25, 0.3) is 0 Å². The fourth-order valence-corrected chi connectivity index (χ4v) is 2.61. The van der Waals surface area contributed by atoms with Gasteiger partial charge in [-0.05, 0) is 50.2 Å². The zero-order valence-corrected chi connectivity index (χ0v) is 11.2. The molecule has 98 valence electrons. The molecular weight excluding hydrogens is 224 g/mol. The summed E-state index contributed by atoms with van der Waals surface area (Å²) in [5.74, 6) is 1.04. The van der Waals surface area contributed by atoms with Gasteiger partial charge in [-0.25, -0.2) is 0 Å². The van der Waals surface area contributed by atoms with Gasteiger partial charge in [-0.2, -0.15) is 0 Å². The number of carbonyl (C=O) groups is 1. The summed E-state index contributed by atoms with van der Waals surface area (Å²) in [6, 6.07) is 5.70. The Morgan fingerprint density at radius 2 is 1.94 bits per heavy atom. The third-order valence-corrected chi connectivity index (χ3v) is 3.94. The second kappa shape index (κ2) is 5.42. The fraction of sp³-hybridized carbons (Fsp3) is 0.533. The van der Waals surface area contributed by atoms with Crippen molar-refractivity contribution in [1.29, 1.82) is 0 Å². The molecule has 1 aromatic carbocycles. The Balaban J connectivity index is 2.03. The van der Waals surface area contributed by atoms with Crippen molar-refractivity contribution in [3.05, 3.63) is 23.8 Å². The summed E-state index contributed by atoms with van der Waals surface area (Å²) in [6.45, 7) is 4.22. The standard InChI is InChI=1S/C15H22N2O/c1-10-6-8-12(9-7-10)15(18)17-14-11(2)4-3-5-13(14)16/h3-5,10,12H,6-9,16H2,1-2H3,(H,17,18). The molecule has 2 rings (SSSR count). The third kappa shape index (κ3) is 2.84. The van der Waals surface area contributed by atoms with E-state index in [1.54, 1.807) is 0 Å². The van der Waals surface area contributed by atoms with Crippen molar-refractivity contribution in [2.24, 2.45) is 11.8 Å². The van der Waals surface area contributed by atoms with E-state index in [4.69, 9.17) is 5.73 Å². The molecular formula is C15H22N2O. The Kier molecular flexibility index (Phi) is 3.90. The summed E-state index contributed by atoms with van der Waals surface area (Å²) in [7, 11) is 0. The van der Waals surface area contributed by atoms with Crippen LogP contribution in [0.15, 0.2) is 18.2 Å². The Morgan fingerprint density at radius 3 is 2.56 bits per heavy atom. The summed E-state index contributed by atoms with van der Waals surface area (Å²) >= 11 is 0. The van der Waals surface area contributed by atoms with Crippen LogP contribution in [0.1, 0.15) is 38.2 Å². The maximum Gasteiger partial charge on any atom is 0.227 e. The fourth-order valence-electron chi connectivity index (χ4n) is 2.61. The highest BCUT2D eigenvalue weighted by Crippen LogP contribution is 2.30. The van der Waals surface area contributed by atoms with E-state index in [0.717, 1.165) is 42.9 Å². The van der Waals surface area contributed by atoms with E-state index in [0.29, 0.717) is 5.69 Å². The molecule has 0 heterocycles. The number of benzene rings is 1. The average molecular weight is 246 g/mol. The molecule has 1 aliphatic carbocycles. The van der Waals surface area contributed by atoms with Gasteiger partial charge < -0.3 is 11.1 Å². The first-order valence-corrected chi connectivity index (χ1v) is 6.74. The number of nitrogens with one attached hydrogen (secondary N) is 1. The second-order valence-corrected chi connectivity index (χ2v) is 5.49. The van der Waals surface area contributed by atoms with E-state index in [9.17, 15) is 4.79 Å². The van der Waals surface area contributed by atoms with Crippen LogP contribution < -0.4 is 11.1 Å². The topological polar surface area (TPSA) is 55.1 Å². The van der Waals surface area contributed by atoms with Gasteiger partial charge in [0, 0.05) is 5.92 Å². The number of para-hydroxylation sites is 1. The Labute approximate surface area is 109 Å². The Morgan fingerprint density at radius 1 is 1.28 bits per heavy atom. The minimum absolute atomic E-state index is 0.128. The maximum absolute atomic E-state index is 12.2. The molecule has 1 fully saturated rings. The quantitative estimate of drug-likeness (QED) is 0.786. The van der Waals surface area contributed by atoms with Gasteiger partial charge in [0.05, 0.1) is 11.4 Å². The lowest BCUT2D eigenvalue weighted by Crippen LogP contribution is -2.27. The first kappa shape index (κ1) is 12.9. The van der Waals surface area contributed by atoms with E-state index >= 15 is 0 Å². The number of carbonyl (C=O) groups excluding carboxylic acids is 1. The molecule has 0 aromatic heterocycles. The zero-order valence-electron chi connectivity index (χ0n) is 11.2. The molecule has 0 unspecified atom stereocenters. The number of anilines is 2. The minimum Gasteiger partial charge on any atom is -0.397 e. The van der Waals surface area contributed by atoms with Gasteiger partial charge >= 0.3 is 0 Å². The number of rotatable bonds is 2. The molecule has 1 saturated carbocycles. The van der Waals surface area contributed by atoms with Crippen molar-refractivity contribution in [2.45, 2.75) is 39.5 Å². The van der Waals surface area contributed by atoms with Crippen LogP contribution in [0.4, 0.5) is 11.4 Å². The lowest BCUT2D eigenvalue weighted by molar-refractivity contribution is -0.121. The number of hydrogen-bond donors (Lipinski definition) is 2. The summed E-state index contributed by atoms with van der Waals surface area (Å²) in [4.78, 5) is 12.2. The molecule has 1 aliphatic rings. The Bertz CT molecular complexity index is 414. The second-order valence-electron chi connectivity index (χ2n) is 5.49. The lowest BCUT2D eigenvalue weighted by atomic mass is 9.82. The van der Waals surface area contributed by atoms with Crippen molar-refractivity contribution >= 4 is 17.3 Å². The van der Waals surface area contributed by atoms with Gasteiger partial charge in [-0.15, -0.1) is 0 Å². The molecule has 0 spiro atoms. The number of hydrogen-bond acceptors (Lipinski definition) is 2. The predicted molar refractivity (Wildman–Crippen MR) is 75.3 cm³/mol. The summed E-state index contributed by atoms with van der Waals surface area (Å²) in [5, 5.41) is 3.00. The minimum atomic E-state index is 0.128. The number of aryl methyl sites for hydroxylation is 1. The normalized spacial score (nSPS) is 23.7. The largest absolute Gasteiger partial charge is 0.397 e. The lowest BCUT2D eigenvalue weighted by Gasteiger charge is -2.25. The van der Waals surface area contributed by atoms with Crippen LogP contribution in [-0.2, 0) is 4.79 Å². The summed E-state index contributed by atoms with van der Waals surface area (Å²) in [5.41, 5.74) is 8.35. The summed E-state index contributed by atoms with van der Waals surface area (Å²) in [6.07, 6.45) is 4.31. The van der Waals surface area contributed by atoms with Gasteiger partial charge in [-0.1, -0.05) is 19.1 Å². The Hall–Kier alpha value is -1.51. The van der Waals surface area contributed by atoms with Crippen LogP contribution in [0.3, 0.4) is 0 Å². The smallest absolute Gasteiger partial charge is 0.227 e. The predicted octanol–water partition coefficient (Wildman–Crippen LogP) is 3.34. The van der Waals surface area contributed by atoms with E-state index in [1.165, 1.54) is 0 Å². The zero-order chi connectivity index (χ0) is 13.1. The van der Waals surface area contributed by atoms with Crippen LogP contribution in [0, 0.1) is 18.8 Å². The third-order valence-electron chi connectivity index (χ3n) is 3.94. The van der Waals surface area contributed by atoms with Crippen molar-refractivity contribution in [3.8, 4) is 0 Å². The van der Waals surface area contributed by atoms with Crippen molar-refractivity contribution in [2.75, 3.05) is 11.1 Å². The molecule has 1 aromatic rings. The highest BCUT2D eigenvalue weighted by molar-refractivity contribution is 5.96. The highest BCUT2D eigenvalue weighted by atomic mass is 16.1. The molecule has 3 N–H and O–H groups in total. The van der Waals surface area contributed by atoms with E-state index in [2.05, 4.69) is 12.2 Å². The van der Waals surface area contributed by atoms with Crippen molar-refractivity contribution < 1.29 is 4.79 Å². The van der Waals surface area contributed by atoms with E-state index < -0.39 is 0 Å². The molecule has 18 heavy (non-hydrogen) atoms. The molecule has 3 nitrogen and oxygen atoms in total. The van der Waals surface area contributed by atoms with Crippen LogP contribution in [0.25, 0.3) is 0 Å². The number of nitrogen functional groups attached to an aromatic ring is 1. The molecule has 0 radical (unpaired) electrons. The van der Waals surface area contributed by atoms with E-state index in [1.807, 2.05) is 25.1 Å². The molecule has 0 aliphatic heterocycles. The molecule has 3 heteroatoms. The van der Waals surface area contributed by atoms with Crippen LogP contribution in [0.2, 0.25) is 0 Å². The number of amides is 1. The van der Waals surface area contributed by atoms with Crippen LogP contribution in [-0.4, -0.2) is 5.91 Å². The monoisotopic (exact) mass is 246 g/mol. The van der Waals surface area contributed by atoms with E-state index in [-0.39, 0.29) is 11.8 Å².